The molecule has 4 nitrogen and oxygen atoms in total. The Bertz CT molecular complexity index is 757. The number of furan rings is 1. The van der Waals surface area contributed by atoms with E-state index < -0.39 is 0 Å². The second-order valence-electron chi connectivity index (χ2n) is 4.28. The number of aromatic nitrogens is 1. The molecular formula is C14H10Cl2N2O2. The highest BCUT2D eigenvalue weighted by Gasteiger charge is 2.23. The smallest absolute Gasteiger partial charge is 0.212 e. The molecule has 0 unspecified atom stereocenters. The average molecular weight is 309 g/mol. The minimum atomic E-state index is 0.212. The first-order valence-electron chi connectivity index (χ1n) is 5.84. The topological polar surface area (TPSA) is 65.2 Å². The van der Waals surface area contributed by atoms with Gasteiger partial charge in [-0.2, -0.15) is 0 Å². The van der Waals surface area contributed by atoms with Crippen molar-refractivity contribution in [3.05, 3.63) is 46.1 Å². The van der Waals surface area contributed by atoms with Crippen LogP contribution in [-0.4, -0.2) is 5.16 Å². The van der Waals surface area contributed by atoms with Crippen LogP contribution < -0.4 is 5.73 Å². The second kappa shape index (κ2) is 4.89. The zero-order chi connectivity index (χ0) is 14.3. The monoisotopic (exact) mass is 308 g/mol. The van der Waals surface area contributed by atoms with Crippen LogP contribution in [0.25, 0.3) is 22.6 Å². The maximum atomic E-state index is 6.22. The minimum Gasteiger partial charge on any atom is -0.458 e. The molecule has 0 saturated carbocycles. The average Bonchev–Trinajstić information content (AvgIpc) is 2.97. The highest BCUT2D eigenvalue weighted by molar-refractivity contribution is 6.39. The van der Waals surface area contributed by atoms with E-state index in [2.05, 4.69) is 5.16 Å². The van der Waals surface area contributed by atoms with Crippen LogP contribution in [0.4, 0.5) is 5.82 Å². The Hall–Kier alpha value is -1.91. The molecule has 0 radical (unpaired) electrons. The van der Waals surface area contributed by atoms with E-state index in [0.29, 0.717) is 32.7 Å². The Morgan fingerprint density at radius 2 is 1.75 bits per heavy atom. The zero-order valence-electron chi connectivity index (χ0n) is 10.5. The molecule has 2 aromatic heterocycles. The number of halogens is 2. The summed E-state index contributed by atoms with van der Waals surface area (Å²) in [6.45, 7) is 1.84. The van der Waals surface area contributed by atoms with Crippen molar-refractivity contribution in [3.63, 3.8) is 0 Å². The summed E-state index contributed by atoms with van der Waals surface area (Å²) >= 11 is 12.4. The van der Waals surface area contributed by atoms with E-state index in [-0.39, 0.29) is 5.82 Å². The molecule has 0 fully saturated rings. The number of nitrogens with zero attached hydrogens (tertiary/aromatic N) is 1. The van der Waals surface area contributed by atoms with Crippen LogP contribution in [0.2, 0.25) is 10.0 Å². The predicted molar refractivity (Wildman–Crippen MR) is 78.8 cm³/mol. The van der Waals surface area contributed by atoms with E-state index in [1.165, 1.54) is 0 Å². The summed E-state index contributed by atoms with van der Waals surface area (Å²) in [6, 6.07) is 8.82. The molecule has 2 heterocycles. The van der Waals surface area contributed by atoms with Gasteiger partial charge in [0.05, 0.1) is 15.6 Å². The third-order valence-electron chi connectivity index (χ3n) is 2.90. The summed E-state index contributed by atoms with van der Waals surface area (Å²) in [5.74, 6) is 1.90. The fourth-order valence-corrected chi connectivity index (χ4v) is 2.59. The van der Waals surface area contributed by atoms with Crippen LogP contribution in [0.5, 0.6) is 0 Å². The maximum Gasteiger partial charge on any atom is 0.212 e. The van der Waals surface area contributed by atoms with Crippen LogP contribution in [0, 0.1) is 6.92 Å². The molecule has 6 heteroatoms. The molecule has 0 aliphatic heterocycles. The van der Waals surface area contributed by atoms with Crippen LogP contribution in [0.1, 0.15) is 5.76 Å². The van der Waals surface area contributed by atoms with Crippen molar-refractivity contribution in [3.8, 4) is 22.6 Å². The van der Waals surface area contributed by atoms with Gasteiger partial charge in [0.15, 0.2) is 11.6 Å². The lowest BCUT2D eigenvalue weighted by Gasteiger charge is -2.06. The Labute approximate surface area is 125 Å². The van der Waals surface area contributed by atoms with Gasteiger partial charge in [-0.05, 0) is 31.2 Å². The van der Waals surface area contributed by atoms with Crippen molar-refractivity contribution in [2.75, 3.05) is 5.73 Å². The highest BCUT2D eigenvalue weighted by atomic mass is 35.5. The molecule has 0 saturated heterocycles. The molecule has 0 amide bonds. The van der Waals surface area contributed by atoms with Gasteiger partial charge in [0, 0.05) is 5.56 Å². The third-order valence-corrected chi connectivity index (χ3v) is 3.53. The summed E-state index contributed by atoms with van der Waals surface area (Å²) in [5, 5.41) is 4.73. The van der Waals surface area contributed by atoms with Crippen molar-refractivity contribution in [2.24, 2.45) is 0 Å². The molecule has 0 bridgehead atoms. The van der Waals surface area contributed by atoms with Crippen molar-refractivity contribution >= 4 is 29.0 Å². The first-order chi connectivity index (χ1) is 9.58. The first kappa shape index (κ1) is 13.1. The van der Waals surface area contributed by atoms with E-state index >= 15 is 0 Å². The summed E-state index contributed by atoms with van der Waals surface area (Å²) in [6.07, 6.45) is 0. The van der Waals surface area contributed by atoms with Crippen LogP contribution >= 0.6 is 23.2 Å². The molecule has 0 aliphatic carbocycles. The van der Waals surface area contributed by atoms with E-state index in [0.717, 1.165) is 5.76 Å². The van der Waals surface area contributed by atoms with Gasteiger partial charge in [-0.3, -0.25) is 0 Å². The van der Waals surface area contributed by atoms with Gasteiger partial charge in [-0.25, -0.2) is 0 Å². The number of hydrogen-bond donors (Lipinski definition) is 1. The summed E-state index contributed by atoms with van der Waals surface area (Å²) in [7, 11) is 0. The van der Waals surface area contributed by atoms with Crippen molar-refractivity contribution in [2.45, 2.75) is 6.92 Å². The normalized spacial score (nSPS) is 10.9. The molecule has 0 aliphatic rings. The van der Waals surface area contributed by atoms with Crippen molar-refractivity contribution in [1.82, 2.24) is 5.16 Å². The lowest BCUT2D eigenvalue weighted by atomic mass is 10.0. The zero-order valence-corrected chi connectivity index (χ0v) is 12.0. The largest absolute Gasteiger partial charge is 0.458 e. The fourth-order valence-electron chi connectivity index (χ4n) is 2.01. The van der Waals surface area contributed by atoms with Crippen molar-refractivity contribution < 1.29 is 8.94 Å². The van der Waals surface area contributed by atoms with Gasteiger partial charge in [0.25, 0.3) is 0 Å². The molecule has 0 atom stereocenters. The quantitative estimate of drug-likeness (QED) is 0.738. The number of nitrogens with two attached hydrogens (primary N) is 1. The van der Waals surface area contributed by atoms with Crippen LogP contribution in [0.15, 0.2) is 39.3 Å². The van der Waals surface area contributed by atoms with E-state index in [1.807, 2.05) is 13.0 Å². The molecule has 1 aromatic carbocycles. The molecule has 3 rings (SSSR count). The molecular weight excluding hydrogens is 299 g/mol. The molecule has 3 aromatic rings. The summed E-state index contributed by atoms with van der Waals surface area (Å²) in [5.41, 5.74) is 7.01. The van der Waals surface area contributed by atoms with Gasteiger partial charge >= 0.3 is 0 Å². The van der Waals surface area contributed by atoms with Crippen LogP contribution in [0.3, 0.4) is 0 Å². The standard InChI is InChI=1S/C14H10Cl2N2O2/c1-7-5-6-10(19-7)13-12(14(17)18-20-13)11-8(15)3-2-4-9(11)16/h2-6H,1H3,(H2,17,18). The molecule has 0 spiro atoms. The molecule has 20 heavy (non-hydrogen) atoms. The molecule has 2 N–H and O–H groups in total. The number of benzene rings is 1. The Morgan fingerprint density at radius 1 is 1.05 bits per heavy atom. The lowest BCUT2D eigenvalue weighted by molar-refractivity contribution is 0.418. The Morgan fingerprint density at radius 3 is 2.35 bits per heavy atom. The van der Waals surface area contributed by atoms with Gasteiger partial charge in [-0.1, -0.05) is 34.4 Å². The number of hydrogen-bond acceptors (Lipinski definition) is 4. The number of anilines is 1. The predicted octanol–water partition coefficient (Wildman–Crippen LogP) is 4.80. The minimum absolute atomic E-state index is 0.212. The summed E-state index contributed by atoms with van der Waals surface area (Å²) < 4.78 is 10.8. The SMILES string of the molecule is Cc1ccc(-c2onc(N)c2-c2c(Cl)cccc2Cl)o1. The van der Waals surface area contributed by atoms with E-state index in [1.54, 1.807) is 24.3 Å². The summed E-state index contributed by atoms with van der Waals surface area (Å²) in [4.78, 5) is 0. The number of nitrogen functional groups attached to an aromatic ring is 1. The lowest BCUT2D eigenvalue weighted by Crippen LogP contribution is -1.90. The third kappa shape index (κ3) is 2.07. The fraction of sp³-hybridized carbons (Fsp3) is 0.0714. The Balaban J connectivity index is 2.27. The van der Waals surface area contributed by atoms with Crippen LogP contribution in [-0.2, 0) is 0 Å². The van der Waals surface area contributed by atoms with Gasteiger partial charge in [-0.15, -0.1) is 0 Å². The van der Waals surface area contributed by atoms with Gasteiger partial charge in [0.2, 0.25) is 5.76 Å². The maximum absolute atomic E-state index is 6.22. The van der Waals surface area contributed by atoms with Gasteiger partial charge < -0.3 is 14.7 Å². The number of rotatable bonds is 2. The molecule has 102 valence electrons. The first-order valence-corrected chi connectivity index (χ1v) is 6.60. The number of aryl methyl sites for hydroxylation is 1. The van der Waals surface area contributed by atoms with E-state index in [9.17, 15) is 0 Å². The Kier molecular flexibility index (Phi) is 3.20. The van der Waals surface area contributed by atoms with Crippen molar-refractivity contribution in [1.29, 1.82) is 0 Å². The van der Waals surface area contributed by atoms with E-state index in [4.69, 9.17) is 37.9 Å². The van der Waals surface area contributed by atoms with Gasteiger partial charge in [0.1, 0.15) is 5.76 Å². The highest BCUT2D eigenvalue weighted by Crippen LogP contribution is 2.43. The second-order valence-corrected chi connectivity index (χ2v) is 5.09.